The molecule has 6 nitrogen and oxygen atoms in total. The topological polar surface area (TPSA) is 77.2 Å². The lowest BCUT2D eigenvalue weighted by atomic mass is 9.99. The molecule has 1 aromatic rings. The van der Waals surface area contributed by atoms with E-state index < -0.39 is 0 Å². The predicted molar refractivity (Wildman–Crippen MR) is 70.7 cm³/mol. The molecule has 18 heavy (non-hydrogen) atoms. The Morgan fingerprint density at radius 3 is 2.17 bits per heavy atom. The summed E-state index contributed by atoms with van der Waals surface area (Å²) in [6.07, 6.45) is 0. The highest BCUT2D eigenvalue weighted by Crippen LogP contribution is 2.30. The summed E-state index contributed by atoms with van der Waals surface area (Å²) in [5, 5.41) is 0.111. The minimum Gasteiger partial charge on any atom is -0.368 e. The van der Waals surface area contributed by atoms with Gasteiger partial charge in [0.15, 0.2) is 0 Å². The van der Waals surface area contributed by atoms with Gasteiger partial charge in [-0.3, -0.25) is 0 Å². The first-order valence-electron chi connectivity index (χ1n) is 5.79. The van der Waals surface area contributed by atoms with E-state index in [1.165, 1.54) is 0 Å². The Morgan fingerprint density at radius 1 is 1.11 bits per heavy atom. The molecule has 2 heterocycles. The van der Waals surface area contributed by atoms with Crippen molar-refractivity contribution in [1.29, 1.82) is 0 Å². The van der Waals surface area contributed by atoms with Crippen LogP contribution in [0.1, 0.15) is 27.7 Å². The van der Waals surface area contributed by atoms with Gasteiger partial charge in [0, 0.05) is 13.1 Å². The first kappa shape index (κ1) is 13.3. The van der Waals surface area contributed by atoms with Gasteiger partial charge in [0.25, 0.3) is 0 Å². The van der Waals surface area contributed by atoms with Crippen molar-refractivity contribution in [3.8, 4) is 0 Å². The second kappa shape index (κ2) is 4.20. The highest BCUT2D eigenvalue weighted by atomic mass is 35.5. The van der Waals surface area contributed by atoms with Crippen molar-refractivity contribution >= 4 is 23.5 Å². The Hall–Kier alpha value is -1.14. The van der Waals surface area contributed by atoms with Gasteiger partial charge in [-0.2, -0.15) is 15.0 Å². The maximum atomic E-state index is 6.00. The van der Waals surface area contributed by atoms with Crippen LogP contribution >= 0.6 is 11.6 Å². The van der Waals surface area contributed by atoms with Crippen molar-refractivity contribution in [3.05, 3.63) is 5.28 Å². The molecule has 1 aromatic heterocycles. The van der Waals surface area contributed by atoms with E-state index in [1.54, 1.807) is 0 Å². The minimum atomic E-state index is -0.282. The van der Waals surface area contributed by atoms with Gasteiger partial charge in [0.05, 0.1) is 11.2 Å². The van der Waals surface area contributed by atoms with Crippen LogP contribution in [0.5, 0.6) is 0 Å². The molecule has 1 aliphatic rings. The van der Waals surface area contributed by atoms with Gasteiger partial charge in [-0.25, -0.2) is 0 Å². The predicted octanol–water partition coefficient (Wildman–Crippen LogP) is 1.50. The van der Waals surface area contributed by atoms with Crippen LogP contribution in [0.3, 0.4) is 0 Å². The van der Waals surface area contributed by atoms with Crippen LogP contribution in [0.2, 0.25) is 5.28 Å². The van der Waals surface area contributed by atoms with E-state index in [-0.39, 0.29) is 22.4 Å². The number of morpholine rings is 1. The fourth-order valence-corrected chi connectivity index (χ4v) is 2.59. The molecule has 0 aliphatic carbocycles. The fourth-order valence-electron chi connectivity index (χ4n) is 2.43. The number of halogens is 1. The summed E-state index contributed by atoms with van der Waals surface area (Å²) in [4.78, 5) is 14.0. The zero-order valence-electron chi connectivity index (χ0n) is 11.1. The monoisotopic (exact) mass is 271 g/mol. The fraction of sp³-hybridized carbons (Fsp3) is 0.727. The number of nitrogens with zero attached hydrogens (tertiary/aromatic N) is 4. The highest BCUT2D eigenvalue weighted by molar-refractivity contribution is 6.28. The number of rotatable bonds is 1. The Morgan fingerprint density at radius 2 is 1.67 bits per heavy atom. The van der Waals surface area contributed by atoms with E-state index in [0.29, 0.717) is 19.0 Å². The molecule has 0 spiro atoms. The summed E-state index contributed by atoms with van der Waals surface area (Å²) >= 11 is 5.81. The van der Waals surface area contributed by atoms with Crippen LogP contribution in [0.25, 0.3) is 0 Å². The number of nitrogens with two attached hydrogens (primary N) is 1. The number of hydrogen-bond acceptors (Lipinski definition) is 6. The summed E-state index contributed by atoms with van der Waals surface area (Å²) in [5.74, 6) is 0.629. The van der Waals surface area contributed by atoms with Gasteiger partial charge >= 0.3 is 0 Å². The van der Waals surface area contributed by atoms with Crippen LogP contribution in [0, 0.1) is 0 Å². The second-order valence-corrected chi connectivity index (χ2v) is 6.08. The Balaban J connectivity index is 2.32. The normalized spacial score (nSPS) is 21.9. The molecule has 0 unspecified atom stereocenters. The van der Waals surface area contributed by atoms with Gasteiger partial charge < -0.3 is 15.4 Å². The molecule has 0 saturated carbocycles. The Kier molecular flexibility index (Phi) is 3.11. The molecular formula is C11H18ClN5O. The van der Waals surface area contributed by atoms with Crippen LogP contribution in [0.15, 0.2) is 0 Å². The molecule has 2 rings (SSSR count). The number of aromatic nitrogens is 3. The SMILES string of the molecule is CC1(C)CN(c2nc(N)nc(Cl)n2)CC(C)(C)O1. The van der Waals surface area contributed by atoms with E-state index in [0.717, 1.165) is 0 Å². The van der Waals surface area contributed by atoms with Gasteiger partial charge in [0.1, 0.15) is 0 Å². The minimum absolute atomic E-state index is 0.111. The molecule has 0 amide bonds. The first-order chi connectivity index (χ1) is 8.17. The van der Waals surface area contributed by atoms with Crippen molar-refractivity contribution < 1.29 is 4.74 Å². The van der Waals surface area contributed by atoms with Crippen LogP contribution in [0.4, 0.5) is 11.9 Å². The molecule has 100 valence electrons. The smallest absolute Gasteiger partial charge is 0.231 e. The van der Waals surface area contributed by atoms with Crippen LogP contribution < -0.4 is 10.6 Å². The summed E-state index contributed by atoms with van der Waals surface area (Å²) in [5.41, 5.74) is 5.03. The highest BCUT2D eigenvalue weighted by Gasteiger charge is 2.39. The van der Waals surface area contributed by atoms with Gasteiger partial charge in [-0.15, -0.1) is 0 Å². The van der Waals surface area contributed by atoms with Crippen LogP contribution in [-0.2, 0) is 4.74 Å². The number of ether oxygens (including phenoxy) is 1. The molecule has 1 aliphatic heterocycles. The molecule has 7 heteroatoms. The van der Waals surface area contributed by atoms with Crippen molar-refractivity contribution in [2.75, 3.05) is 23.7 Å². The van der Waals surface area contributed by atoms with Crippen molar-refractivity contribution in [2.45, 2.75) is 38.9 Å². The quantitative estimate of drug-likeness (QED) is 0.834. The van der Waals surface area contributed by atoms with Crippen molar-refractivity contribution in [3.63, 3.8) is 0 Å². The lowest BCUT2D eigenvalue weighted by Gasteiger charge is -2.47. The van der Waals surface area contributed by atoms with E-state index in [9.17, 15) is 0 Å². The van der Waals surface area contributed by atoms with E-state index in [1.807, 2.05) is 32.6 Å². The lowest BCUT2D eigenvalue weighted by Crippen LogP contribution is -2.57. The molecule has 1 fully saturated rings. The van der Waals surface area contributed by atoms with Gasteiger partial charge in [0.2, 0.25) is 17.2 Å². The first-order valence-corrected chi connectivity index (χ1v) is 6.17. The van der Waals surface area contributed by atoms with E-state index in [2.05, 4.69) is 15.0 Å². The molecule has 0 bridgehead atoms. The number of anilines is 2. The standard InChI is InChI=1S/C11H18ClN5O/c1-10(2)5-17(6-11(3,4)18-10)9-15-7(12)14-8(13)16-9/h5-6H2,1-4H3,(H2,13,14,15,16). The average Bonchev–Trinajstić information content (AvgIpc) is 2.10. The zero-order chi connectivity index (χ0) is 13.6. The summed E-state index contributed by atoms with van der Waals surface area (Å²) in [7, 11) is 0. The van der Waals surface area contributed by atoms with Crippen molar-refractivity contribution in [1.82, 2.24) is 15.0 Å². The van der Waals surface area contributed by atoms with Crippen molar-refractivity contribution in [2.24, 2.45) is 0 Å². The lowest BCUT2D eigenvalue weighted by molar-refractivity contribution is -0.133. The molecule has 0 aromatic carbocycles. The Bertz CT molecular complexity index is 426. The number of hydrogen-bond donors (Lipinski definition) is 1. The molecular weight excluding hydrogens is 254 g/mol. The maximum Gasteiger partial charge on any atom is 0.231 e. The zero-order valence-corrected chi connectivity index (χ0v) is 11.8. The molecule has 0 atom stereocenters. The largest absolute Gasteiger partial charge is 0.368 e. The summed E-state index contributed by atoms with van der Waals surface area (Å²) < 4.78 is 6.00. The third-order valence-corrected chi connectivity index (χ3v) is 2.76. The molecule has 0 radical (unpaired) electrons. The maximum absolute atomic E-state index is 6.00. The molecule has 1 saturated heterocycles. The average molecular weight is 272 g/mol. The summed E-state index contributed by atoms with van der Waals surface area (Å²) in [6.45, 7) is 9.49. The van der Waals surface area contributed by atoms with Crippen LogP contribution in [-0.4, -0.2) is 39.2 Å². The number of nitrogen functional groups attached to an aromatic ring is 1. The van der Waals surface area contributed by atoms with Gasteiger partial charge in [-0.05, 0) is 39.3 Å². The van der Waals surface area contributed by atoms with Gasteiger partial charge in [-0.1, -0.05) is 0 Å². The Labute approximate surface area is 112 Å². The van der Waals surface area contributed by atoms with E-state index >= 15 is 0 Å². The summed E-state index contributed by atoms with van der Waals surface area (Å²) in [6, 6.07) is 0. The third kappa shape index (κ3) is 3.00. The molecule has 2 N–H and O–H groups in total. The van der Waals surface area contributed by atoms with E-state index in [4.69, 9.17) is 22.1 Å². The third-order valence-electron chi connectivity index (χ3n) is 2.59. The second-order valence-electron chi connectivity index (χ2n) is 5.74.